The van der Waals surface area contributed by atoms with Crippen molar-refractivity contribution in [3.05, 3.63) is 51.4 Å². The molecule has 3 saturated heterocycles. The van der Waals surface area contributed by atoms with Gasteiger partial charge in [-0.3, -0.25) is 10.4 Å². The van der Waals surface area contributed by atoms with E-state index in [1.165, 1.54) is 6.26 Å². The predicted molar refractivity (Wildman–Crippen MR) is 154 cm³/mol. The highest BCUT2D eigenvalue weighted by atomic mass is 35.5. The molecule has 218 valence electrons. The molecule has 2 aromatic heterocycles. The Labute approximate surface area is 245 Å². The molecule has 6 rings (SSSR count). The lowest BCUT2D eigenvalue weighted by molar-refractivity contribution is -0.117. The van der Waals surface area contributed by atoms with Crippen molar-refractivity contribution < 1.29 is 17.9 Å². The van der Waals surface area contributed by atoms with Crippen molar-refractivity contribution in [1.29, 1.82) is 0 Å². The van der Waals surface area contributed by atoms with E-state index in [9.17, 15) is 8.42 Å². The molecular formula is C27H36Cl2N6O4S. The minimum Gasteiger partial charge on any atom is -0.379 e. The molecule has 0 bridgehead atoms. The van der Waals surface area contributed by atoms with Gasteiger partial charge in [0.25, 0.3) is 0 Å². The molecule has 2 N–H and O–H groups in total. The molecule has 3 aliphatic heterocycles. The van der Waals surface area contributed by atoms with Gasteiger partial charge in [0, 0.05) is 62.7 Å². The Morgan fingerprint density at radius 2 is 1.82 bits per heavy atom. The molecule has 6 atom stereocenters. The van der Waals surface area contributed by atoms with Crippen LogP contribution in [0.25, 0.3) is 0 Å². The zero-order valence-corrected chi connectivity index (χ0v) is 25.4. The molecule has 10 nitrogen and oxygen atoms in total. The fourth-order valence-corrected chi connectivity index (χ4v) is 8.50. The quantitative estimate of drug-likeness (QED) is 0.488. The summed E-state index contributed by atoms with van der Waals surface area (Å²) in [6.07, 6.45) is 5.93. The number of hydrogen-bond donors (Lipinski definition) is 2. The molecule has 0 radical (unpaired) electrons. The minimum absolute atomic E-state index is 0.0680. The number of anilines is 1. The number of sulfonamides is 1. The van der Waals surface area contributed by atoms with Crippen molar-refractivity contribution in [2.75, 3.05) is 44.4 Å². The van der Waals surface area contributed by atoms with Crippen molar-refractivity contribution in [2.24, 2.45) is 11.3 Å². The standard InChI is InChI=1S/C27H36Cl2N6O4S/c1-15-25(29)24(19(28)10-30-15)16(2)39-22-7-18-20(8-21(22)38-3)32-33-26(18)17-5-6-23(31-9-17)34-11-27(12-34)13-35(14-27)40(4,36)37/h5-6,9-10,16,18,20-22,26,32-33H,7-8,11-14H2,1-4H3/t16-,18?,20?,21?,22?,26?/m1/s1. The largest absolute Gasteiger partial charge is 0.379 e. The van der Waals surface area contributed by atoms with Crippen LogP contribution in [-0.4, -0.2) is 80.5 Å². The monoisotopic (exact) mass is 610 g/mol. The molecule has 5 heterocycles. The van der Waals surface area contributed by atoms with Gasteiger partial charge in [0.2, 0.25) is 10.0 Å². The number of fused-ring (bicyclic) bond motifs is 1. The molecule has 4 fully saturated rings. The van der Waals surface area contributed by atoms with Crippen LogP contribution in [0, 0.1) is 18.3 Å². The lowest BCUT2D eigenvalue weighted by atomic mass is 9.74. The third kappa shape index (κ3) is 5.13. The van der Waals surface area contributed by atoms with Crippen molar-refractivity contribution in [3.63, 3.8) is 0 Å². The first kappa shape index (κ1) is 28.5. The number of nitrogens with zero attached hydrogens (tertiary/aromatic N) is 4. The number of halogens is 2. The Balaban J connectivity index is 1.11. The number of rotatable bonds is 7. The highest BCUT2D eigenvalue weighted by molar-refractivity contribution is 7.88. The Morgan fingerprint density at radius 1 is 1.07 bits per heavy atom. The molecule has 0 aromatic carbocycles. The van der Waals surface area contributed by atoms with Gasteiger partial charge in [0.05, 0.1) is 46.3 Å². The average Bonchev–Trinajstić information content (AvgIpc) is 3.26. The molecule has 40 heavy (non-hydrogen) atoms. The number of pyridine rings is 2. The number of aryl methyl sites for hydroxylation is 1. The van der Waals surface area contributed by atoms with Crippen LogP contribution < -0.4 is 15.8 Å². The summed E-state index contributed by atoms with van der Waals surface area (Å²) in [5.74, 6) is 1.21. The fraction of sp³-hybridized carbons (Fsp3) is 0.630. The van der Waals surface area contributed by atoms with E-state index < -0.39 is 10.0 Å². The summed E-state index contributed by atoms with van der Waals surface area (Å²) >= 11 is 13.0. The van der Waals surface area contributed by atoms with Gasteiger partial charge < -0.3 is 14.4 Å². The summed E-state index contributed by atoms with van der Waals surface area (Å²) in [6, 6.07) is 4.53. The molecular weight excluding hydrogens is 575 g/mol. The summed E-state index contributed by atoms with van der Waals surface area (Å²) in [5.41, 5.74) is 9.63. The number of ether oxygens (including phenoxy) is 2. The van der Waals surface area contributed by atoms with Gasteiger partial charge >= 0.3 is 0 Å². The molecule has 5 unspecified atom stereocenters. The van der Waals surface area contributed by atoms with Crippen molar-refractivity contribution in [3.8, 4) is 0 Å². The van der Waals surface area contributed by atoms with E-state index in [4.69, 9.17) is 37.7 Å². The maximum Gasteiger partial charge on any atom is 0.211 e. The van der Waals surface area contributed by atoms with Gasteiger partial charge in [0.15, 0.2) is 0 Å². The van der Waals surface area contributed by atoms with Crippen LogP contribution in [-0.2, 0) is 19.5 Å². The summed E-state index contributed by atoms with van der Waals surface area (Å²) in [5, 5.41) is 1.03. The normalized spacial score (nSPS) is 30.6. The average molecular weight is 612 g/mol. The zero-order valence-electron chi connectivity index (χ0n) is 23.1. The molecule has 2 aromatic rings. The van der Waals surface area contributed by atoms with Crippen LogP contribution in [0.2, 0.25) is 10.0 Å². The van der Waals surface area contributed by atoms with Gasteiger partial charge in [-0.1, -0.05) is 29.3 Å². The topological polar surface area (TPSA) is 109 Å². The van der Waals surface area contributed by atoms with Crippen LogP contribution >= 0.6 is 23.2 Å². The third-order valence-electron chi connectivity index (χ3n) is 9.04. The summed E-state index contributed by atoms with van der Waals surface area (Å²) in [6.45, 7) is 6.70. The lowest BCUT2D eigenvalue weighted by Crippen LogP contribution is -2.73. The summed E-state index contributed by atoms with van der Waals surface area (Å²) in [4.78, 5) is 11.2. The second-order valence-corrected chi connectivity index (χ2v) is 14.6. The van der Waals surface area contributed by atoms with E-state index in [-0.39, 0.29) is 41.7 Å². The van der Waals surface area contributed by atoms with E-state index >= 15 is 0 Å². The van der Waals surface area contributed by atoms with Crippen molar-refractivity contribution >= 4 is 39.0 Å². The number of hydrogen-bond acceptors (Lipinski definition) is 9. The molecule has 1 aliphatic carbocycles. The van der Waals surface area contributed by atoms with Crippen LogP contribution in [0.3, 0.4) is 0 Å². The number of aromatic nitrogens is 2. The summed E-state index contributed by atoms with van der Waals surface area (Å²) < 4.78 is 37.5. The van der Waals surface area contributed by atoms with Crippen LogP contribution in [0.4, 0.5) is 5.82 Å². The van der Waals surface area contributed by atoms with E-state index in [0.29, 0.717) is 23.1 Å². The van der Waals surface area contributed by atoms with E-state index in [0.717, 1.165) is 48.6 Å². The number of hydrazine groups is 1. The minimum atomic E-state index is -3.10. The highest BCUT2D eigenvalue weighted by Crippen LogP contribution is 2.44. The van der Waals surface area contributed by atoms with Crippen molar-refractivity contribution in [2.45, 2.75) is 57.1 Å². The molecule has 4 aliphatic rings. The lowest BCUT2D eigenvalue weighted by Gasteiger charge is -2.59. The summed E-state index contributed by atoms with van der Waals surface area (Å²) in [7, 11) is -1.37. The zero-order chi connectivity index (χ0) is 28.4. The van der Waals surface area contributed by atoms with Gasteiger partial charge in [-0.25, -0.2) is 23.1 Å². The van der Waals surface area contributed by atoms with Crippen molar-refractivity contribution in [1.82, 2.24) is 25.1 Å². The van der Waals surface area contributed by atoms with Gasteiger partial charge in [0.1, 0.15) is 5.82 Å². The van der Waals surface area contributed by atoms with Gasteiger partial charge in [-0.2, -0.15) is 0 Å². The maximum atomic E-state index is 11.7. The first-order chi connectivity index (χ1) is 19.0. The van der Waals surface area contributed by atoms with Crippen LogP contribution in [0.5, 0.6) is 0 Å². The fourth-order valence-electron chi connectivity index (χ4n) is 6.83. The van der Waals surface area contributed by atoms with E-state index in [2.05, 4.69) is 32.9 Å². The molecule has 13 heteroatoms. The SMILES string of the molecule is COC1CC2NNC(c3ccc(N4CC5(C4)CN(S(C)(=O)=O)C5)nc3)C2CC1O[C@H](C)c1c(Cl)cnc(C)c1Cl. The maximum absolute atomic E-state index is 11.7. The second-order valence-electron chi connectivity index (χ2n) is 11.9. The first-order valence-electron chi connectivity index (χ1n) is 13.6. The molecule has 0 amide bonds. The van der Waals surface area contributed by atoms with Crippen LogP contribution in [0.15, 0.2) is 24.5 Å². The number of methoxy groups -OCH3 is 1. The Morgan fingerprint density at radius 3 is 2.48 bits per heavy atom. The van der Waals surface area contributed by atoms with E-state index in [1.54, 1.807) is 17.6 Å². The Kier molecular flexibility index (Phi) is 7.57. The van der Waals surface area contributed by atoms with Crippen LogP contribution in [0.1, 0.15) is 48.7 Å². The smallest absolute Gasteiger partial charge is 0.211 e. The van der Waals surface area contributed by atoms with E-state index in [1.807, 2.05) is 20.0 Å². The Hall–Kier alpha value is -1.57. The predicted octanol–water partition coefficient (Wildman–Crippen LogP) is 3.26. The molecule has 1 saturated carbocycles. The van der Waals surface area contributed by atoms with Gasteiger partial charge in [-0.05, 0) is 44.2 Å². The first-order valence-corrected chi connectivity index (χ1v) is 16.2. The second kappa shape index (κ2) is 10.6. The number of nitrogens with one attached hydrogen (secondary N) is 2. The molecule has 1 spiro atoms. The third-order valence-corrected chi connectivity index (χ3v) is 11.0. The highest BCUT2D eigenvalue weighted by Gasteiger charge is 2.54. The van der Waals surface area contributed by atoms with Gasteiger partial charge in [-0.15, -0.1) is 0 Å². The Bertz CT molecular complexity index is 1370.